The standard InChI is InChI=1S/C32H34F4N4O12P2/c33-31(34,53(47,48)49)22-10-6-19(7-11-22)16-17-40(30(37)46)29(45)25(18-20-8-12-23(13-9-20)32(35,36)54(50,51)52)39-28(44)24(14-15-26(41)42)38-27(43)21-4-2-1-3-5-21/h1-13,24-25H,14-18H2,(H2,37,46)(H,38,43)(H,39,44)(H,41,42)(H2,47,48,49)(H2,50,51,52). The Morgan fingerprint density at radius 2 is 1.20 bits per heavy atom. The number of aliphatic carboxylic acids is 1. The van der Waals surface area contributed by atoms with E-state index in [1.165, 1.54) is 24.3 Å². The van der Waals surface area contributed by atoms with Crippen LogP contribution in [0.1, 0.15) is 45.5 Å². The number of imide groups is 1. The van der Waals surface area contributed by atoms with Gasteiger partial charge in [-0.2, -0.15) is 17.6 Å². The third-order valence-corrected chi connectivity index (χ3v) is 9.83. The van der Waals surface area contributed by atoms with E-state index < -0.39 is 105 Å². The first-order chi connectivity index (χ1) is 25.0. The molecule has 0 spiro atoms. The van der Waals surface area contributed by atoms with Gasteiger partial charge in [0.2, 0.25) is 5.91 Å². The van der Waals surface area contributed by atoms with Crippen molar-refractivity contribution >= 4 is 44.9 Å². The predicted molar refractivity (Wildman–Crippen MR) is 180 cm³/mol. The quantitative estimate of drug-likeness (QED) is 0.0723. The molecule has 9 N–H and O–H groups in total. The summed E-state index contributed by atoms with van der Waals surface area (Å²) >= 11 is 0. The lowest BCUT2D eigenvalue weighted by Crippen LogP contribution is -2.57. The minimum Gasteiger partial charge on any atom is -0.481 e. The molecule has 2 unspecified atom stereocenters. The van der Waals surface area contributed by atoms with Crippen molar-refractivity contribution in [3.63, 3.8) is 0 Å². The third-order valence-electron chi connectivity index (χ3n) is 7.85. The largest absolute Gasteiger partial charge is 0.481 e. The Morgan fingerprint density at radius 1 is 0.722 bits per heavy atom. The van der Waals surface area contributed by atoms with Crippen LogP contribution in [0.25, 0.3) is 0 Å². The molecule has 5 amide bonds. The van der Waals surface area contributed by atoms with Gasteiger partial charge in [0.25, 0.3) is 11.8 Å². The number of nitrogens with one attached hydrogen (secondary N) is 2. The first-order valence-electron chi connectivity index (χ1n) is 15.5. The fourth-order valence-corrected chi connectivity index (χ4v) is 5.85. The smallest absolute Gasteiger partial charge is 0.399 e. The number of carbonyl (C=O) groups excluding carboxylic acids is 4. The number of hydrogen-bond acceptors (Lipinski definition) is 7. The lowest BCUT2D eigenvalue weighted by molar-refractivity contribution is -0.138. The topological polar surface area (TPSA) is 274 Å². The van der Waals surface area contributed by atoms with E-state index >= 15 is 0 Å². The fraction of sp³-hybridized carbons (Fsp3) is 0.281. The van der Waals surface area contributed by atoms with Gasteiger partial charge in [0.05, 0.1) is 0 Å². The van der Waals surface area contributed by atoms with E-state index in [0.717, 1.165) is 24.3 Å². The molecule has 0 aromatic heterocycles. The number of urea groups is 1. The molecular weight excluding hydrogens is 770 g/mol. The number of amides is 5. The summed E-state index contributed by atoms with van der Waals surface area (Å²) in [4.78, 5) is 101. The van der Waals surface area contributed by atoms with Gasteiger partial charge < -0.3 is 41.0 Å². The van der Waals surface area contributed by atoms with Gasteiger partial charge in [0.15, 0.2) is 0 Å². The second-order valence-corrected chi connectivity index (χ2v) is 15.0. The van der Waals surface area contributed by atoms with Crippen molar-refractivity contribution in [1.29, 1.82) is 0 Å². The molecular formula is C32H34F4N4O12P2. The molecule has 0 saturated carbocycles. The summed E-state index contributed by atoms with van der Waals surface area (Å²) in [5, 5.41) is 13.9. The number of alkyl halides is 4. The first kappa shape index (κ1) is 43.4. The zero-order chi connectivity index (χ0) is 40.6. The van der Waals surface area contributed by atoms with Crippen molar-refractivity contribution < 1.29 is 75.3 Å². The van der Waals surface area contributed by atoms with Crippen molar-refractivity contribution in [3.8, 4) is 0 Å². The molecule has 22 heteroatoms. The van der Waals surface area contributed by atoms with Crippen LogP contribution < -0.4 is 16.4 Å². The second-order valence-electron chi connectivity index (χ2n) is 11.7. The van der Waals surface area contributed by atoms with Gasteiger partial charge in [-0.15, -0.1) is 0 Å². The Bertz CT molecular complexity index is 1940. The molecule has 0 radical (unpaired) electrons. The molecule has 0 heterocycles. The molecule has 3 aromatic carbocycles. The first-order valence-corrected chi connectivity index (χ1v) is 18.7. The van der Waals surface area contributed by atoms with Crippen molar-refractivity contribution in [1.82, 2.24) is 15.5 Å². The summed E-state index contributed by atoms with van der Waals surface area (Å²) in [6.07, 6.45) is -1.96. The number of halogens is 4. The molecule has 292 valence electrons. The molecule has 0 aliphatic heterocycles. The number of nitrogens with zero attached hydrogens (tertiary/aromatic N) is 1. The summed E-state index contributed by atoms with van der Waals surface area (Å²) in [6, 6.07) is 9.41. The van der Waals surface area contributed by atoms with Crippen LogP contribution >= 0.6 is 15.2 Å². The molecule has 16 nitrogen and oxygen atoms in total. The maximum atomic E-state index is 14.3. The maximum absolute atomic E-state index is 14.3. The van der Waals surface area contributed by atoms with Gasteiger partial charge >= 0.3 is 38.5 Å². The molecule has 0 aliphatic carbocycles. The van der Waals surface area contributed by atoms with E-state index in [1.807, 2.05) is 0 Å². The summed E-state index contributed by atoms with van der Waals surface area (Å²) in [6.45, 7) is -0.560. The van der Waals surface area contributed by atoms with Gasteiger partial charge in [-0.25, -0.2) is 4.79 Å². The number of primary amides is 1. The van der Waals surface area contributed by atoms with Crippen molar-refractivity contribution in [2.45, 2.75) is 49.1 Å². The molecule has 3 rings (SSSR count). The Labute approximate surface area is 303 Å². The van der Waals surface area contributed by atoms with E-state index in [4.69, 9.17) is 25.3 Å². The Kier molecular flexibility index (Phi) is 14.0. The van der Waals surface area contributed by atoms with Crippen molar-refractivity contribution in [2.24, 2.45) is 5.73 Å². The molecule has 0 saturated heterocycles. The molecule has 2 atom stereocenters. The highest BCUT2D eigenvalue weighted by Crippen LogP contribution is 2.60. The number of benzene rings is 3. The number of carboxylic acids is 1. The maximum Gasteiger partial charge on any atom is 0.399 e. The highest BCUT2D eigenvalue weighted by atomic mass is 31.2. The van der Waals surface area contributed by atoms with E-state index in [0.29, 0.717) is 29.2 Å². The summed E-state index contributed by atoms with van der Waals surface area (Å²) in [5.74, 6) is -4.47. The van der Waals surface area contributed by atoms with Crippen LogP contribution in [-0.2, 0) is 47.7 Å². The summed E-state index contributed by atoms with van der Waals surface area (Å²) < 4.78 is 79.3. The lowest BCUT2D eigenvalue weighted by Gasteiger charge is -2.27. The Morgan fingerprint density at radius 3 is 1.65 bits per heavy atom. The van der Waals surface area contributed by atoms with E-state index in [2.05, 4.69) is 10.6 Å². The van der Waals surface area contributed by atoms with Gasteiger partial charge in [0, 0.05) is 36.1 Å². The van der Waals surface area contributed by atoms with E-state index in [-0.39, 0.29) is 23.1 Å². The molecule has 0 aliphatic rings. The zero-order valence-corrected chi connectivity index (χ0v) is 29.5. The summed E-state index contributed by atoms with van der Waals surface area (Å²) in [5.41, 5.74) is -5.49. The molecule has 3 aromatic rings. The lowest BCUT2D eigenvalue weighted by atomic mass is 10.0. The predicted octanol–water partition coefficient (Wildman–Crippen LogP) is 2.98. The Balaban J connectivity index is 1.94. The number of hydrogen-bond donors (Lipinski definition) is 8. The Hall–Kier alpha value is -4.97. The number of nitrogens with two attached hydrogens (primary N) is 1. The van der Waals surface area contributed by atoms with Gasteiger partial charge in [-0.1, -0.05) is 66.7 Å². The number of carboxylic acid groups (broad SMARTS) is 1. The molecule has 0 bridgehead atoms. The third kappa shape index (κ3) is 11.0. The number of carbonyl (C=O) groups is 5. The van der Waals surface area contributed by atoms with E-state index in [1.54, 1.807) is 6.07 Å². The monoisotopic (exact) mass is 804 g/mol. The van der Waals surface area contributed by atoms with Crippen LogP contribution in [0.15, 0.2) is 78.9 Å². The van der Waals surface area contributed by atoms with Crippen LogP contribution in [0.4, 0.5) is 22.4 Å². The van der Waals surface area contributed by atoms with Crippen molar-refractivity contribution in [2.75, 3.05) is 6.54 Å². The van der Waals surface area contributed by atoms with Crippen LogP contribution in [0.3, 0.4) is 0 Å². The fourth-order valence-electron chi connectivity index (χ4n) is 4.88. The summed E-state index contributed by atoms with van der Waals surface area (Å²) in [7, 11) is -11.8. The minimum atomic E-state index is -5.95. The van der Waals surface area contributed by atoms with Gasteiger partial charge in [-0.3, -0.25) is 33.2 Å². The van der Waals surface area contributed by atoms with Crippen LogP contribution in [0.2, 0.25) is 0 Å². The van der Waals surface area contributed by atoms with E-state index in [9.17, 15) is 55.8 Å². The average molecular weight is 805 g/mol. The SMILES string of the molecule is NC(=O)N(CCc1ccc(C(F)(F)P(=O)(O)O)cc1)C(=O)C(Cc1ccc(C(F)(F)P(=O)(O)O)cc1)NC(=O)C(CCC(=O)O)NC(=O)c1ccccc1. The second kappa shape index (κ2) is 17.4. The van der Waals surface area contributed by atoms with Gasteiger partial charge in [0.1, 0.15) is 12.1 Å². The number of rotatable bonds is 17. The van der Waals surface area contributed by atoms with Gasteiger partial charge in [-0.05, 0) is 36.1 Å². The molecule has 54 heavy (non-hydrogen) atoms. The van der Waals surface area contributed by atoms with Crippen LogP contribution in [0.5, 0.6) is 0 Å². The van der Waals surface area contributed by atoms with Crippen molar-refractivity contribution in [3.05, 3.63) is 107 Å². The highest BCUT2D eigenvalue weighted by Gasteiger charge is 2.51. The average Bonchev–Trinajstić information content (AvgIpc) is 3.09. The highest BCUT2D eigenvalue weighted by molar-refractivity contribution is 7.52. The zero-order valence-electron chi connectivity index (χ0n) is 27.7. The minimum absolute atomic E-state index is 0.000289. The normalized spacial score (nSPS) is 13.3. The molecule has 0 fully saturated rings. The van der Waals surface area contributed by atoms with Crippen LogP contribution in [-0.4, -0.2) is 77.9 Å². The van der Waals surface area contributed by atoms with Crippen LogP contribution in [0, 0.1) is 0 Å².